The lowest BCUT2D eigenvalue weighted by molar-refractivity contribution is 0.239. The molecule has 144 valence electrons. The molecule has 6 heteroatoms. The van der Waals surface area contributed by atoms with Crippen molar-refractivity contribution in [2.45, 2.75) is 77.8 Å². The summed E-state index contributed by atoms with van der Waals surface area (Å²) in [6.07, 6.45) is 10.6. The van der Waals surface area contributed by atoms with E-state index < -0.39 is 0 Å². The Hall–Kier alpha value is -1.59. The van der Waals surface area contributed by atoms with Gasteiger partial charge in [0.2, 0.25) is 0 Å². The van der Waals surface area contributed by atoms with Crippen molar-refractivity contribution in [3.05, 3.63) is 11.6 Å². The van der Waals surface area contributed by atoms with Gasteiger partial charge in [-0.25, -0.2) is 0 Å². The van der Waals surface area contributed by atoms with Gasteiger partial charge >= 0.3 is 0 Å². The molecule has 6 nitrogen and oxygen atoms in total. The number of hydrogen-bond donors (Lipinski definition) is 2. The summed E-state index contributed by atoms with van der Waals surface area (Å²) < 4.78 is 2.27. The molecule has 2 fully saturated rings. The van der Waals surface area contributed by atoms with Gasteiger partial charge in [-0.15, -0.1) is 10.2 Å². The highest BCUT2D eigenvalue weighted by molar-refractivity contribution is 5.80. The van der Waals surface area contributed by atoms with Crippen molar-refractivity contribution in [1.82, 2.24) is 25.4 Å². The van der Waals surface area contributed by atoms with Gasteiger partial charge < -0.3 is 15.2 Å². The molecule has 2 N–H and O–H groups in total. The van der Waals surface area contributed by atoms with Crippen molar-refractivity contribution >= 4 is 5.96 Å². The number of aryl methyl sites for hydroxylation is 2. The molecule has 3 aliphatic rings. The first-order chi connectivity index (χ1) is 12.7. The van der Waals surface area contributed by atoms with Crippen LogP contribution in [0.4, 0.5) is 0 Å². The minimum absolute atomic E-state index is 0.582. The second-order valence-electron chi connectivity index (χ2n) is 8.50. The van der Waals surface area contributed by atoms with E-state index in [-0.39, 0.29) is 0 Å². The molecule has 4 unspecified atom stereocenters. The number of aliphatic imine (C=N–C) groups is 1. The molecular weight excluding hydrogens is 324 g/mol. The Kier molecular flexibility index (Phi) is 5.46. The Morgan fingerprint density at radius 1 is 1.15 bits per heavy atom. The predicted molar refractivity (Wildman–Crippen MR) is 104 cm³/mol. The van der Waals surface area contributed by atoms with Crippen LogP contribution < -0.4 is 10.6 Å². The maximum atomic E-state index is 4.94. The fourth-order valence-electron chi connectivity index (χ4n) is 5.25. The summed E-state index contributed by atoms with van der Waals surface area (Å²) in [5, 5.41) is 15.7. The zero-order valence-electron chi connectivity index (χ0n) is 16.4. The summed E-state index contributed by atoms with van der Waals surface area (Å²) >= 11 is 0. The highest BCUT2D eigenvalue weighted by Crippen LogP contribution is 2.42. The second kappa shape index (κ2) is 7.97. The van der Waals surface area contributed by atoms with Crippen molar-refractivity contribution in [2.24, 2.45) is 22.7 Å². The van der Waals surface area contributed by atoms with Crippen LogP contribution in [-0.4, -0.2) is 39.9 Å². The van der Waals surface area contributed by atoms with E-state index in [9.17, 15) is 0 Å². The molecular formula is C20H34N6. The molecule has 0 aromatic carbocycles. The minimum atomic E-state index is 0.582. The van der Waals surface area contributed by atoms with Crippen LogP contribution in [0.2, 0.25) is 0 Å². The van der Waals surface area contributed by atoms with Gasteiger partial charge in [0.05, 0.1) is 0 Å². The minimum Gasteiger partial charge on any atom is -0.357 e. The number of hydrogen-bond acceptors (Lipinski definition) is 3. The fourth-order valence-corrected chi connectivity index (χ4v) is 5.25. The van der Waals surface area contributed by atoms with E-state index in [1.165, 1.54) is 38.5 Å². The molecule has 0 bridgehead atoms. The van der Waals surface area contributed by atoms with Gasteiger partial charge in [0.25, 0.3) is 0 Å². The van der Waals surface area contributed by atoms with Crippen molar-refractivity contribution in [3.8, 4) is 0 Å². The zero-order chi connectivity index (χ0) is 17.9. The van der Waals surface area contributed by atoms with Crippen molar-refractivity contribution in [2.75, 3.05) is 13.1 Å². The average molecular weight is 359 g/mol. The van der Waals surface area contributed by atoms with E-state index in [1.54, 1.807) is 0 Å². The number of nitrogens with one attached hydrogen (secondary N) is 2. The van der Waals surface area contributed by atoms with E-state index in [1.807, 2.05) is 6.92 Å². The Bertz CT molecular complexity index is 636. The quantitative estimate of drug-likeness (QED) is 0.641. The number of guanidine groups is 1. The molecule has 26 heavy (non-hydrogen) atoms. The molecule has 1 aromatic heterocycles. The highest BCUT2D eigenvalue weighted by atomic mass is 15.3. The summed E-state index contributed by atoms with van der Waals surface area (Å²) in [5.74, 6) is 5.74. The zero-order valence-corrected chi connectivity index (χ0v) is 16.4. The summed E-state index contributed by atoms with van der Waals surface area (Å²) in [7, 11) is 0. The normalized spacial score (nSPS) is 31.4. The molecule has 4 atom stereocenters. The number of nitrogens with zero attached hydrogens (tertiary/aromatic N) is 4. The number of fused-ring (bicyclic) bond motifs is 2. The highest BCUT2D eigenvalue weighted by Gasteiger charge is 2.34. The first kappa shape index (κ1) is 17.8. The molecule has 0 spiro atoms. The Balaban J connectivity index is 1.33. The van der Waals surface area contributed by atoms with Crippen molar-refractivity contribution in [1.29, 1.82) is 0 Å². The number of aromatic nitrogens is 3. The lowest BCUT2D eigenvalue weighted by atomic mass is 9.79. The molecule has 1 aliphatic heterocycles. The Morgan fingerprint density at radius 2 is 2.04 bits per heavy atom. The van der Waals surface area contributed by atoms with E-state index in [4.69, 9.17) is 4.99 Å². The SMILES string of the molecule is CCNC(=NCC1CCc2nnc(C)n2C1)NC1CCC2CCCC2C1. The van der Waals surface area contributed by atoms with Crippen LogP contribution in [0.3, 0.4) is 0 Å². The van der Waals surface area contributed by atoms with Crippen LogP contribution in [-0.2, 0) is 13.0 Å². The smallest absolute Gasteiger partial charge is 0.191 e. The third-order valence-electron chi connectivity index (χ3n) is 6.71. The van der Waals surface area contributed by atoms with Gasteiger partial charge in [0.15, 0.2) is 5.96 Å². The topological polar surface area (TPSA) is 67.1 Å². The maximum Gasteiger partial charge on any atom is 0.191 e. The molecule has 0 amide bonds. The molecule has 2 aliphatic carbocycles. The van der Waals surface area contributed by atoms with E-state index in [0.29, 0.717) is 12.0 Å². The lowest BCUT2D eigenvalue weighted by Gasteiger charge is -2.33. The molecule has 1 aromatic rings. The third kappa shape index (κ3) is 3.89. The van der Waals surface area contributed by atoms with Gasteiger partial charge in [-0.05, 0) is 57.3 Å². The predicted octanol–water partition coefficient (Wildman–Crippen LogP) is 2.67. The maximum absolute atomic E-state index is 4.94. The summed E-state index contributed by atoms with van der Waals surface area (Å²) in [5.41, 5.74) is 0. The van der Waals surface area contributed by atoms with E-state index in [2.05, 4.69) is 32.3 Å². The van der Waals surface area contributed by atoms with Crippen molar-refractivity contribution < 1.29 is 0 Å². The van der Waals surface area contributed by atoms with E-state index in [0.717, 1.165) is 61.9 Å². The van der Waals surface area contributed by atoms with Gasteiger partial charge in [0.1, 0.15) is 11.6 Å². The van der Waals surface area contributed by atoms with Crippen LogP contribution >= 0.6 is 0 Å². The standard InChI is InChI=1S/C20H34N6/c1-3-21-20(23-18-9-8-16-5-4-6-17(16)11-18)22-12-15-7-10-19-25-24-14(2)26(19)13-15/h15-18H,3-13H2,1-2H3,(H2,21,22,23). The number of rotatable bonds is 4. The largest absolute Gasteiger partial charge is 0.357 e. The molecule has 4 rings (SSSR count). The summed E-state index contributed by atoms with van der Waals surface area (Å²) in [6.45, 7) is 7.00. The van der Waals surface area contributed by atoms with Crippen LogP contribution in [0, 0.1) is 24.7 Å². The van der Waals surface area contributed by atoms with Crippen LogP contribution in [0.25, 0.3) is 0 Å². The summed E-state index contributed by atoms with van der Waals surface area (Å²) in [4.78, 5) is 4.94. The van der Waals surface area contributed by atoms with Gasteiger partial charge in [-0.2, -0.15) is 0 Å². The first-order valence-corrected chi connectivity index (χ1v) is 10.7. The monoisotopic (exact) mass is 358 g/mol. The molecule has 2 heterocycles. The Labute approximate surface area is 157 Å². The summed E-state index contributed by atoms with van der Waals surface area (Å²) in [6, 6.07) is 0.602. The molecule has 0 radical (unpaired) electrons. The second-order valence-corrected chi connectivity index (χ2v) is 8.50. The molecule has 0 saturated heterocycles. The lowest BCUT2D eigenvalue weighted by Crippen LogP contribution is -2.46. The third-order valence-corrected chi connectivity index (χ3v) is 6.71. The molecule has 2 saturated carbocycles. The first-order valence-electron chi connectivity index (χ1n) is 10.7. The van der Waals surface area contributed by atoms with Crippen LogP contribution in [0.1, 0.15) is 63.5 Å². The van der Waals surface area contributed by atoms with Crippen LogP contribution in [0.5, 0.6) is 0 Å². The van der Waals surface area contributed by atoms with Gasteiger partial charge in [-0.3, -0.25) is 4.99 Å². The van der Waals surface area contributed by atoms with Gasteiger partial charge in [-0.1, -0.05) is 19.3 Å². The van der Waals surface area contributed by atoms with Gasteiger partial charge in [0, 0.05) is 32.1 Å². The fraction of sp³-hybridized carbons (Fsp3) is 0.850. The van der Waals surface area contributed by atoms with E-state index >= 15 is 0 Å². The van der Waals surface area contributed by atoms with Crippen LogP contribution in [0.15, 0.2) is 4.99 Å². The van der Waals surface area contributed by atoms with Crippen molar-refractivity contribution in [3.63, 3.8) is 0 Å². The Morgan fingerprint density at radius 3 is 2.92 bits per heavy atom. The average Bonchev–Trinajstić information content (AvgIpc) is 3.26.